The monoisotopic (exact) mass is 461 g/mol. The Labute approximate surface area is 198 Å². The van der Waals surface area contributed by atoms with Crippen LogP contribution in [0.25, 0.3) is 44.3 Å². The molecule has 0 N–H and O–H groups in total. The zero-order chi connectivity index (χ0) is 24.1. The number of non-ortho nitro benzene ring substituents is 1. The van der Waals surface area contributed by atoms with Crippen molar-refractivity contribution in [3.63, 3.8) is 0 Å². The van der Waals surface area contributed by atoms with Gasteiger partial charge < -0.3 is 4.74 Å². The van der Waals surface area contributed by atoms with E-state index in [2.05, 4.69) is 12.1 Å². The van der Waals surface area contributed by atoms with E-state index in [-0.39, 0.29) is 16.8 Å². The Balaban J connectivity index is 1.28. The van der Waals surface area contributed by atoms with Gasteiger partial charge in [-0.25, -0.2) is 14.8 Å². The van der Waals surface area contributed by atoms with Gasteiger partial charge in [0.25, 0.3) is 5.69 Å². The number of nitro benzene ring substituents is 1. The number of ether oxygens (including phenoxy) is 1. The molecule has 0 fully saturated rings. The quantitative estimate of drug-likeness (QED) is 0.147. The third-order valence-corrected chi connectivity index (χ3v) is 6.03. The van der Waals surface area contributed by atoms with Gasteiger partial charge in [-0.3, -0.25) is 14.9 Å². The topological polar surface area (TPSA) is 112 Å². The molecular formula is C27H15N3O5. The van der Waals surface area contributed by atoms with Crippen LogP contribution >= 0.6 is 0 Å². The number of carbonyl (C=O) groups is 2. The van der Waals surface area contributed by atoms with Crippen LogP contribution in [-0.2, 0) is 4.74 Å². The molecule has 0 spiro atoms. The van der Waals surface area contributed by atoms with Crippen LogP contribution in [0, 0.1) is 10.1 Å². The second kappa shape index (κ2) is 7.81. The minimum absolute atomic E-state index is 0.0979. The van der Waals surface area contributed by atoms with Crippen molar-refractivity contribution in [3.05, 3.63) is 100 Å². The van der Waals surface area contributed by atoms with E-state index in [1.165, 1.54) is 18.2 Å². The standard InChI is InChI=1S/C27H15N3O5/c31-23(16-6-1-7-18(12-16)30(33)34)14-35-27(32)17-10-11-21-22(13-17)29-26-20-9-3-5-15-4-2-8-19(24(15)20)25(26)28-21/h1-13H,14H2. The molecule has 6 rings (SSSR count). The normalized spacial score (nSPS) is 11.4. The molecule has 8 nitrogen and oxygen atoms in total. The molecule has 4 aromatic carbocycles. The van der Waals surface area contributed by atoms with Gasteiger partial charge in [-0.15, -0.1) is 0 Å². The molecule has 1 heterocycles. The second-order valence-electron chi connectivity index (χ2n) is 8.14. The first-order valence-electron chi connectivity index (χ1n) is 10.8. The van der Waals surface area contributed by atoms with E-state index in [1.807, 2.05) is 24.3 Å². The van der Waals surface area contributed by atoms with E-state index in [9.17, 15) is 19.7 Å². The van der Waals surface area contributed by atoms with E-state index >= 15 is 0 Å². The highest BCUT2D eigenvalue weighted by atomic mass is 16.6. The highest BCUT2D eigenvalue weighted by molar-refractivity contribution is 6.14. The largest absolute Gasteiger partial charge is 0.454 e. The smallest absolute Gasteiger partial charge is 0.338 e. The van der Waals surface area contributed by atoms with E-state index in [0.717, 1.165) is 39.4 Å². The van der Waals surface area contributed by atoms with Crippen LogP contribution < -0.4 is 0 Å². The number of carbonyl (C=O) groups excluding carboxylic acids is 2. The van der Waals surface area contributed by atoms with Crippen LogP contribution in [0.5, 0.6) is 0 Å². The summed E-state index contributed by atoms with van der Waals surface area (Å²) in [6, 6.07) is 22.3. The van der Waals surface area contributed by atoms with Gasteiger partial charge >= 0.3 is 5.97 Å². The van der Waals surface area contributed by atoms with Crippen molar-refractivity contribution in [1.29, 1.82) is 0 Å². The first-order chi connectivity index (χ1) is 17.0. The van der Waals surface area contributed by atoms with Crippen LogP contribution in [0.15, 0.2) is 78.9 Å². The number of fused-ring (bicyclic) bond motifs is 4. The molecule has 1 aliphatic rings. The van der Waals surface area contributed by atoms with E-state index in [1.54, 1.807) is 18.2 Å². The van der Waals surface area contributed by atoms with Crippen LogP contribution in [0.1, 0.15) is 20.7 Å². The van der Waals surface area contributed by atoms with Crippen LogP contribution in [0.2, 0.25) is 0 Å². The Kier molecular flexibility index (Phi) is 4.60. The molecule has 0 saturated heterocycles. The first-order valence-corrected chi connectivity index (χ1v) is 10.8. The number of nitro groups is 1. The number of ketones is 1. The van der Waals surface area contributed by atoms with Gasteiger partial charge in [0.1, 0.15) is 0 Å². The second-order valence-corrected chi connectivity index (χ2v) is 8.14. The molecule has 0 radical (unpaired) electrons. The fourth-order valence-electron chi connectivity index (χ4n) is 4.38. The molecule has 168 valence electrons. The average Bonchev–Trinajstić information content (AvgIpc) is 3.20. The van der Waals surface area contributed by atoms with Crippen LogP contribution in [-0.4, -0.2) is 33.3 Å². The molecule has 5 aromatic rings. The van der Waals surface area contributed by atoms with Crippen molar-refractivity contribution in [2.75, 3.05) is 6.61 Å². The third-order valence-electron chi connectivity index (χ3n) is 6.03. The molecular weight excluding hydrogens is 446 g/mol. The van der Waals surface area contributed by atoms with E-state index < -0.39 is 23.3 Å². The van der Waals surface area contributed by atoms with Crippen LogP contribution in [0.4, 0.5) is 5.69 Å². The predicted molar refractivity (Wildman–Crippen MR) is 129 cm³/mol. The average molecular weight is 461 g/mol. The number of esters is 1. The summed E-state index contributed by atoms with van der Waals surface area (Å²) in [5.74, 6) is -1.23. The Morgan fingerprint density at radius 3 is 2.20 bits per heavy atom. The van der Waals surface area contributed by atoms with Gasteiger partial charge in [-0.2, -0.15) is 0 Å². The van der Waals surface area contributed by atoms with Gasteiger partial charge in [0.05, 0.1) is 32.9 Å². The molecule has 8 heteroatoms. The molecule has 35 heavy (non-hydrogen) atoms. The number of benzene rings is 4. The van der Waals surface area contributed by atoms with Crippen molar-refractivity contribution in [2.45, 2.75) is 0 Å². The summed E-state index contributed by atoms with van der Waals surface area (Å²) in [4.78, 5) is 45.0. The van der Waals surface area contributed by atoms with Gasteiger partial charge in [0.2, 0.25) is 5.78 Å². The lowest BCUT2D eigenvalue weighted by molar-refractivity contribution is -0.384. The summed E-state index contributed by atoms with van der Waals surface area (Å²) in [6.45, 7) is -0.536. The van der Waals surface area contributed by atoms with Crippen molar-refractivity contribution in [1.82, 2.24) is 9.97 Å². The number of hydrogen-bond acceptors (Lipinski definition) is 7. The number of aromatic nitrogens is 2. The zero-order valence-corrected chi connectivity index (χ0v) is 18.1. The Morgan fingerprint density at radius 2 is 1.49 bits per heavy atom. The Morgan fingerprint density at radius 1 is 0.800 bits per heavy atom. The minimum Gasteiger partial charge on any atom is -0.454 e. The van der Waals surface area contributed by atoms with E-state index in [0.29, 0.717) is 11.0 Å². The van der Waals surface area contributed by atoms with Crippen molar-refractivity contribution in [3.8, 4) is 22.5 Å². The summed E-state index contributed by atoms with van der Waals surface area (Å²) >= 11 is 0. The highest BCUT2D eigenvalue weighted by Gasteiger charge is 2.24. The predicted octanol–water partition coefficient (Wildman–Crippen LogP) is 5.38. The summed E-state index contributed by atoms with van der Waals surface area (Å²) in [5, 5.41) is 13.1. The molecule has 0 bridgehead atoms. The zero-order valence-electron chi connectivity index (χ0n) is 18.1. The number of nitrogens with zero attached hydrogens (tertiary/aromatic N) is 3. The van der Waals surface area contributed by atoms with Crippen LogP contribution in [0.3, 0.4) is 0 Å². The molecule has 1 aliphatic carbocycles. The van der Waals surface area contributed by atoms with Gasteiger partial charge in [0, 0.05) is 34.2 Å². The van der Waals surface area contributed by atoms with Crippen molar-refractivity contribution in [2.24, 2.45) is 0 Å². The van der Waals surface area contributed by atoms with Gasteiger partial charge in [0.15, 0.2) is 6.61 Å². The maximum Gasteiger partial charge on any atom is 0.338 e. The molecule has 0 atom stereocenters. The molecule has 0 saturated carbocycles. The van der Waals surface area contributed by atoms with Gasteiger partial charge in [-0.1, -0.05) is 48.5 Å². The SMILES string of the molecule is O=C(COC(=O)c1ccc2nc3c(nc2c1)-c1cccc2cccc-3c12)c1cccc([N+](=O)[O-])c1. The lowest BCUT2D eigenvalue weighted by atomic mass is 10.0. The molecule has 0 unspecified atom stereocenters. The molecule has 0 amide bonds. The number of Topliss-reactive ketones (excluding diaryl/α,β-unsaturated/α-hetero) is 1. The van der Waals surface area contributed by atoms with Crippen molar-refractivity contribution >= 4 is 39.2 Å². The van der Waals surface area contributed by atoms with Gasteiger partial charge in [-0.05, 0) is 23.6 Å². The minimum atomic E-state index is -0.696. The summed E-state index contributed by atoms with van der Waals surface area (Å²) < 4.78 is 5.18. The lowest BCUT2D eigenvalue weighted by Crippen LogP contribution is -2.14. The summed E-state index contributed by atoms with van der Waals surface area (Å²) in [5.41, 5.74) is 4.89. The van der Waals surface area contributed by atoms with Crippen molar-refractivity contribution < 1.29 is 19.2 Å². The Hall–Kier alpha value is -4.98. The maximum atomic E-state index is 12.6. The fourth-order valence-corrected chi connectivity index (χ4v) is 4.38. The fraction of sp³-hybridized carbons (Fsp3) is 0.0370. The Bertz CT molecular complexity index is 1720. The summed E-state index contributed by atoms with van der Waals surface area (Å²) in [6.07, 6.45) is 0. The maximum absolute atomic E-state index is 12.6. The third kappa shape index (κ3) is 3.39. The lowest BCUT2D eigenvalue weighted by Gasteiger charge is -2.07. The number of hydrogen-bond donors (Lipinski definition) is 0. The molecule has 0 aliphatic heterocycles. The van der Waals surface area contributed by atoms with E-state index in [4.69, 9.17) is 14.7 Å². The molecule has 1 aromatic heterocycles. The number of rotatable bonds is 5. The highest BCUT2D eigenvalue weighted by Crippen LogP contribution is 2.45. The summed E-state index contributed by atoms with van der Waals surface area (Å²) in [7, 11) is 0. The first kappa shape index (κ1) is 20.6.